The van der Waals surface area contributed by atoms with E-state index >= 15 is 0 Å². The third-order valence-corrected chi connectivity index (χ3v) is 4.49. The topological polar surface area (TPSA) is 112 Å². The van der Waals surface area contributed by atoms with Gasteiger partial charge >= 0.3 is 6.09 Å². The molecule has 146 valence electrons. The van der Waals surface area contributed by atoms with Gasteiger partial charge in [-0.3, -0.25) is 4.79 Å². The van der Waals surface area contributed by atoms with E-state index in [1.54, 1.807) is 24.4 Å². The summed E-state index contributed by atoms with van der Waals surface area (Å²) in [7, 11) is 0. The van der Waals surface area contributed by atoms with Gasteiger partial charge in [0, 0.05) is 29.2 Å². The third kappa shape index (κ3) is 4.76. The minimum absolute atomic E-state index is 0.146. The first-order valence-electron chi connectivity index (χ1n) is 8.95. The predicted octanol–water partition coefficient (Wildman–Crippen LogP) is 2.69. The summed E-state index contributed by atoms with van der Waals surface area (Å²) in [6.07, 6.45) is -0.333. The van der Waals surface area contributed by atoms with Crippen LogP contribution in [0.1, 0.15) is 34.0 Å². The number of ether oxygens (including phenoxy) is 1. The largest absolute Gasteiger partial charge is 0.445 e. The summed E-state index contributed by atoms with van der Waals surface area (Å²) >= 11 is 0. The number of aromatic nitrogens is 1. The molecule has 2 unspecified atom stereocenters. The molecule has 7 nitrogen and oxygen atoms in total. The molecule has 0 saturated heterocycles. The Labute approximate surface area is 162 Å². The average Bonchev–Trinajstić information content (AvgIpc) is 3.14. The van der Waals surface area contributed by atoms with Gasteiger partial charge < -0.3 is 25.3 Å². The molecule has 3 aromatic rings. The first kappa shape index (κ1) is 19.6. The van der Waals surface area contributed by atoms with Gasteiger partial charge in [-0.2, -0.15) is 0 Å². The van der Waals surface area contributed by atoms with E-state index in [0.29, 0.717) is 16.5 Å². The van der Waals surface area contributed by atoms with E-state index < -0.39 is 18.3 Å². The lowest BCUT2D eigenvalue weighted by molar-refractivity contribution is 0.0137. The molecule has 0 saturated carbocycles. The molecule has 28 heavy (non-hydrogen) atoms. The number of aromatic amines is 1. The van der Waals surface area contributed by atoms with Crippen molar-refractivity contribution in [2.24, 2.45) is 0 Å². The standard InChI is InChI=1S/C21H22N2O5/c24-12-16-11-23-18-7-6-15(10-17(16)18)20(26)19(25)8-9-22-21(27)28-13-14-4-2-1-3-5-14/h1-7,10-12,19-20,23,25-26H,8-9,13H2,(H,22,27). The van der Waals surface area contributed by atoms with Gasteiger partial charge in [-0.15, -0.1) is 0 Å². The van der Waals surface area contributed by atoms with Crippen LogP contribution in [-0.4, -0.2) is 40.2 Å². The summed E-state index contributed by atoms with van der Waals surface area (Å²) in [6.45, 7) is 0.311. The molecule has 1 heterocycles. The Bertz CT molecular complexity index is 938. The molecule has 0 aliphatic carbocycles. The minimum atomic E-state index is -1.14. The van der Waals surface area contributed by atoms with E-state index in [1.165, 1.54) is 0 Å². The number of amides is 1. The smallest absolute Gasteiger partial charge is 0.407 e. The van der Waals surface area contributed by atoms with Crippen molar-refractivity contribution in [2.45, 2.75) is 25.2 Å². The average molecular weight is 382 g/mol. The second-order valence-corrected chi connectivity index (χ2v) is 6.46. The van der Waals surface area contributed by atoms with Crippen LogP contribution in [0.15, 0.2) is 54.7 Å². The van der Waals surface area contributed by atoms with Crippen LogP contribution in [0.2, 0.25) is 0 Å². The second kappa shape index (κ2) is 9.16. The highest BCUT2D eigenvalue weighted by Crippen LogP contribution is 2.25. The van der Waals surface area contributed by atoms with Crippen molar-refractivity contribution in [1.82, 2.24) is 10.3 Å². The molecule has 7 heteroatoms. The van der Waals surface area contributed by atoms with Crippen molar-refractivity contribution in [3.63, 3.8) is 0 Å². The second-order valence-electron chi connectivity index (χ2n) is 6.46. The summed E-state index contributed by atoms with van der Waals surface area (Å²) in [5, 5.41) is 23.8. The molecule has 0 fully saturated rings. The number of aliphatic hydroxyl groups excluding tert-OH is 2. The zero-order chi connectivity index (χ0) is 19.9. The lowest BCUT2D eigenvalue weighted by Gasteiger charge is -2.18. The van der Waals surface area contributed by atoms with Crippen molar-refractivity contribution in [3.8, 4) is 0 Å². The molecule has 1 amide bonds. The maximum absolute atomic E-state index is 11.7. The summed E-state index contributed by atoms with van der Waals surface area (Å²) < 4.78 is 5.09. The van der Waals surface area contributed by atoms with Crippen LogP contribution in [0, 0.1) is 0 Å². The Morgan fingerprint density at radius 2 is 1.96 bits per heavy atom. The van der Waals surface area contributed by atoms with Crippen molar-refractivity contribution < 1.29 is 24.5 Å². The van der Waals surface area contributed by atoms with Gasteiger partial charge in [0.25, 0.3) is 0 Å². The van der Waals surface area contributed by atoms with Crippen LogP contribution in [-0.2, 0) is 11.3 Å². The Kier molecular flexibility index (Phi) is 6.41. The van der Waals surface area contributed by atoms with Crippen molar-refractivity contribution >= 4 is 23.3 Å². The molecule has 0 radical (unpaired) electrons. The first-order chi connectivity index (χ1) is 13.6. The van der Waals surface area contributed by atoms with Gasteiger partial charge in [0.1, 0.15) is 12.7 Å². The number of aliphatic hydroxyl groups is 2. The molecule has 1 aromatic heterocycles. The summed E-state index contributed by atoms with van der Waals surface area (Å²) in [6, 6.07) is 14.4. The van der Waals surface area contributed by atoms with E-state index in [9.17, 15) is 19.8 Å². The highest BCUT2D eigenvalue weighted by molar-refractivity contribution is 5.97. The molecule has 3 rings (SSSR count). The number of hydrogen-bond acceptors (Lipinski definition) is 5. The summed E-state index contributed by atoms with van der Waals surface area (Å²) in [5.41, 5.74) is 2.63. The lowest BCUT2D eigenvalue weighted by Crippen LogP contribution is -2.29. The molecule has 4 N–H and O–H groups in total. The van der Waals surface area contributed by atoms with E-state index in [4.69, 9.17) is 4.74 Å². The van der Waals surface area contributed by atoms with Crippen molar-refractivity contribution in [1.29, 1.82) is 0 Å². The minimum Gasteiger partial charge on any atom is -0.445 e. The van der Waals surface area contributed by atoms with Crippen LogP contribution in [0.4, 0.5) is 4.79 Å². The highest BCUT2D eigenvalue weighted by atomic mass is 16.5. The monoisotopic (exact) mass is 382 g/mol. The van der Waals surface area contributed by atoms with Crippen LogP contribution >= 0.6 is 0 Å². The number of aldehydes is 1. The Balaban J connectivity index is 1.48. The van der Waals surface area contributed by atoms with Crippen LogP contribution < -0.4 is 5.32 Å². The number of hydrogen-bond donors (Lipinski definition) is 4. The van der Waals surface area contributed by atoms with Gasteiger partial charge in [0.15, 0.2) is 6.29 Å². The maximum Gasteiger partial charge on any atom is 0.407 e. The zero-order valence-corrected chi connectivity index (χ0v) is 15.2. The van der Waals surface area contributed by atoms with Crippen LogP contribution in [0.5, 0.6) is 0 Å². The Morgan fingerprint density at radius 3 is 2.71 bits per heavy atom. The summed E-state index contributed by atoms with van der Waals surface area (Å²) in [5.74, 6) is 0. The number of alkyl carbamates (subject to hydrolysis) is 1. The predicted molar refractivity (Wildman–Crippen MR) is 104 cm³/mol. The number of carbonyl (C=O) groups excluding carboxylic acids is 2. The van der Waals surface area contributed by atoms with Crippen molar-refractivity contribution in [2.75, 3.05) is 6.54 Å². The van der Waals surface area contributed by atoms with E-state index in [0.717, 1.165) is 17.4 Å². The molecule has 0 aliphatic heterocycles. The van der Waals surface area contributed by atoms with Crippen LogP contribution in [0.3, 0.4) is 0 Å². The lowest BCUT2D eigenvalue weighted by atomic mass is 10.00. The van der Waals surface area contributed by atoms with Gasteiger partial charge in [0.05, 0.1) is 6.10 Å². The number of benzene rings is 2. The van der Waals surface area contributed by atoms with Gasteiger partial charge in [-0.25, -0.2) is 4.79 Å². The zero-order valence-electron chi connectivity index (χ0n) is 15.2. The number of fused-ring (bicyclic) bond motifs is 1. The van der Waals surface area contributed by atoms with E-state index in [-0.39, 0.29) is 19.6 Å². The molecule has 2 atom stereocenters. The molecular weight excluding hydrogens is 360 g/mol. The number of H-pyrrole nitrogens is 1. The first-order valence-corrected chi connectivity index (χ1v) is 8.95. The van der Waals surface area contributed by atoms with Crippen LogP contribution in [0.25, 0.3) is 10.9 Å². The van der Waals surface area contributed by atoms with Crippen molar-refractivity contribution in [3.05, 3.63) is 71.4 Å². The maximum atomic E-state index is 11.7. The molecule has 2 aromatic carbocycles. The Hall–Kier alpha value is -3.16. The molecular formula is C21H22N2O5. The van der Waals surface area contributed by atoms with E-state index in [1.807, 2.05) is 30.3 Å². The quantitative estimate of drug-likeness (QED) is 0.448. The Morgan fingerprint density at radius 1 is 1.18 bits per heavy atom. The van der Waals surface area contributed by atoms with Gasteiger partial charge in [-0.05, 0) is 29.7 Å². The number of nitrogens with one attached hydrogen (secondary N) is 2. The molecule has 0 spiro atoms. The highest BCUT2D eigenvalue weighted by Gasteiger charge is 2.19. The fourth-order valence-corrected chi connectivity index (χ4v) is 2.92. The molecule has 0 bridgehead atoms. The normalized spacial score (nSPS) is 13.1. The SMILES string of the molecule is O=Cc1c[nH]c2ccc(C(O)C(O)CCNC(=O)OCc3ccccc3)cc12. The number of rotatable bonds is 8. The number of carbonyl (C=O) groups is 2. The van der Waals surface area contributed by atoms with Gasteiger partial charge in [-0.1, -0.05) is 36.4 Å². The molecule has 0 aliphatic rings. The fraction of sp³-hybridized carbons (Fsp3) is 0.238. The summed E-state index contributed by atoms with van der Waals surface area (Å²) in [4.78, 5) is 25.7. The van der Waals surface area contributed by atoms with Gasteiger partial charge in [0.2, 0.25) is 0 Å². The van der Waals surface area contributed by atoms with E-state index in [2.05, 4.69) is 10.3 Å². The fourth-order valence-electron chi connectivity index (χ4n) is 2.92. The third-order valence-electron chi connectivity index (χ3n) is 4.49.